The molecule has 0 spiro atoms. The van der Waals surface area contributed by atoms with E-state index in [2.05, 4.69) is 6.92 Å². The molecule has 168 valence electrons. The van der Waals surface area contributed by atoms with Crippen molar-refractivity contribution in [2.75, 3.05) is 0 Å². The lowest BCUT2D eigenvalue weighted by atomic mass is 9.63. The molecule has 4 unspecified atom stereocenters. The Morgan fingerprint density at radius 1 is 0.774 bits per heavy atom. The third kappa shape index (κ3) is 4.99. The van der Waals surface area contributed by atoms with E-state index in [0.717, 1.165) is 48.3 Å². The van der Waals surface area contributed by atoms with Crippen LogP contribution in [-0.2, 0) is 0 Å². The van der Waals surface area contributed by atoms with Crippen LogP contribution in [0.5, 0.6) is 0 Å². The maximum absolute atomic E-state index is 14.8. The van der Waals surface area contributed by atoms with Gasteiger partial charge in [-0.2, -0.15) is 0 Å². The fraction of sp³-hybridized carbons (Fsp3) is 0.556. The van der Waals surface area contributed by atoms with Gasteiger partial charge in [0.25, 0.3) is 0 Å². The van der Waals surface area contributed by atoms with E-state index in [0.29, 0.717) is 5.92 Å². The number of hydrogen-bond acceptors (Lipinski definition) is 0. The monoisotopic (exact) mass is 432 g/mol. The van der Waals surface area contributed by atoms with Crippen molar-refractivity contribution in [1.29, 1.82) is 0 Å². The smallest absolute Gasteiger partial charge is 0.194 e. The zero-order valence-corrected chi connectivity index (χ0v) is 18.3. The summed E-state index contributed by atoms with van der Waals surface area (Å²) >= 11 is 0. The molecular weight excluding hydrogens is 400 g/mol. The Morgan fingerprint density at radius 3 is 2.19 bits per heavy atom. The molecule has 4 rings (SSSR count). The summed E-state index contributed by atoms with van der Waals surface area (Å²) in [4.78, 5) is 0. The van der Waals surface area contributed by atoms with Gasteiger partial charge in [0, 0.05) is 5.56 Å². The molecule has 2 aliphatic carbocycles. The Balaban J connectivity index is 1.42. The van der Waals surface area contributed by atoms with Crippen LogP contribution in [-0.4, -0.2) is 0 Å². The molecule has 2 aromatic rings. The van der Waals surface area contributed by atoms with Crippen LogP contribution in [0.1, 0.15) is 82.6 Å². The molecule has 2 saturated carbocycles. The lowest BCUT2D eigenvalue weighted by Crippen LogP contribution is -2.30. The highest BCUT2D eigenvalue weighted by Crippen LogP contribution is 2.48. The van der Waals surface area contributed by atoms with Crippen LogP contribution in [0.15, 0.2) is 30.3 Å². The topological polar surface area (TPSA) is 0 Å². The molecular formula is C27H32F4. The summed E-state index contributed by atoms with van der Waals surface area (Å²) in [7, 11) is 0. The van der Waals surface area contributed by atoms with Crippen molar-refractivity contribution in [3.63, 3.8) is 0 Å². The van der Waals surface area contributed by atoms with E-state index in [1.807, 2.05) is 6.07 Å². The molecule has 4 atom stereocenters. The Hall–Kier alpha value is -1.84. The normalized spacial score (nSPS) is 26.0. The molecule has 31 heavy (non-hydrogen) atoms. The van der Waals surface area contributed by atoms with Crippen molar-refractivity contribution in [3.8, 4) is 11.1 Å². The number of fused-ring (bicyclic) bond motifs is 1. The molecule has 2 aromatic carbocycles. The van der Waals surface area contributed by atoms with Gasteiger partial charge < -0.3 is 0 Å². The third-order valence-electron chi connectivity index (χ3n) is 7.70. The largest absolute Gasteiger partial charge is 0.206 e. The maximum Gasteiger partial charge on any atom is 0.194 e. The third-order valence-corrected chi connectivity index (χ3v) is 7.70. The number of unbranched alkanes of at least 4 members (excludes halogenated alkanes) is 2. The van der Waals surface area contributed by atoms with Crippen molar-refractivity contribution in [2.45, 2.75) is 77.0 Å². The molecule has 0 bridgehead atoms. The highest BCUT2D eigenvalue weighted by molar-refractivity contribution is 5.65. The molecule has 0 radical (unpaired) electrons. The van der Waals surface area contributed by atoms with Crippen LogP contribution in [0.4, 0.5) is 17.6 Å². The minimum Gasteiger partial charge on any atom is -0.206 e. The maximum atomic E-state index is 14.8. The van der Waals surface area contributed by atoms with E-state index in [1.54, 1.807) is 6.07 Å². The SMILES string of the molecule is CCCCCC1CCC2CC(c3ccc(-c4cc(F)c(F)c(F)c4)c(F)c3)CCC2C1. The minimum absolute atomic E-state index is 0.0190. The molecule has 0 saturated heterocycles. The molecule has 0 aliphatic heterocycles. The van der Waals surface area contributed by atoms with Crippen LogP contribution in [0.3, 0.4) is 0 Å². The van der Waals surface area contributed by atoms with Gasteiger partial charge in [-0.05, 0) is 85.1 Å². The summed E-state index contributed by atoms with van der Waals surface area (Å²) in [5.74, 6) is -1.89. The van der Waals surface area contributed by atoms with Crippen LogP contribution in [0.25, 0.3) is 11.1 Å². The Kier molecular flexibility index (Phi) is 7.03. The second-order valence-corrected chi connectivity index (χ2v) is 9.70. The standard InChI is InChI=1S/C27H32F4/c1-2-3-4-5-17-6-7-19-13-20(9-8-18(19)12-17)21-10-11-23(24(28)14-21)22-15-25(29)27(31)26(30)16-22/h10-11,14-20H,2-9,12-13H2,1H3. The Bertz CT molecular complexity index is 883. The number of halogens is 4. The van der Waals surface area contributed by atoms with Gasteiger partial charge in [0.05, 0.1) is 0 Å². The van der Waals surface area contributed by atoms with Crippen molar-refractivity contribution in [2.24, 2.45) is 17.8 Å². The lowest BCUT2D eigenvalue weighted by molar-refractivity contribution is 0.113. The average molecular weight is 433 g/mol. The first-order chi connectivity index (χ1) is 15.0. The Labute approximate surface area is 183 Å². The zero-order valence-electron chi connectivity index (χ0n) is 18.3. The van der Waals surface area contributed by atoms with E-state index >= 15 is 0 Å². The van der Waals surface area contributed by atoms with Crippen molar-refractivity contribution >= 4 is 0 Å². The Morgan fingerprint density at radius 2 is 1.48 bits per heavy atom. The molecule has 2 aliphatic rings. The number of benzene rings is 2. The second kappa shape index (κ2) is 9.75. The predicted molar refractivity (Wildman–Crippen MR) is 117 cm³/mol. The van der Waals surface area contributed by atoms with E-state index in [9.17, 15) is 17.6 Å². The van der Waals surface area contributed by atoms with Gasteiger partial charge in [-0.25, -0.2) is 17.6 Å². The molecule has 0 amide bonds. The van der Waals surface area contributed by atoms with Gasteiger partial charge in [-0.3, -0.25) is 0 Å². The summed E-state index contributed by atoms with van der Waals surface area (Å²) in [6.45, 7) is 2.25. The van der Waals surface area contributed by atoms with Crippen LogP contribution >= 0.6 is 0 Å². The molecule has 2 fully saturated rings. The summed E-state index contributed by atoms with van der Waals surface area (Å²) in [5.41, 5.74) is 1.08. The van der Waals surface area contributed by atoms with Crippen molar-refractivity contribution < 1.29 is 17.6 Å². The molecule has 0 heterocycles. The van der Waals surface area contributed by atoms with Gasteiger partial charge in [-0.1, -0.05) is 51.2 Å². The summed E-state index contributed by atoms with van der Waals surface area (Å²) in [6, 6.07) is 6.66. The quantitative estimate of drug-likeness (QED) is 0.243. The van der Waals surface area contributed by atoms with Gasteiger partial charge in [-0.15, -0.1) is 0 Å². The molecule has 4 heteroatoms. The first-order valence-corrected chi connectivity index (χ1v) is 11.9. The van der Waals surface area contributed by atoms with E-state index in [-0.39, 0.29) is 11.1 Å². The second-order valence-electron chi connectivity index (χ2n) is 9.70. The van der Waals surface area contributed by atoms with Gasteiger partial charge in [0.1, 0.15) is 5.82 Å². The van der Waals surface area contributed by atoms with Gasteiger partial charge >= 0.3 is 0 Å². The molecule has 0 aromatic heterocycles. The zero-order chi connectivity index (χ0) is 22.0. The first kappa shape index (κ1) is 22.4. The number of hydrogen-bond donors (Lipinski definition) is 0. The van der Waals surface area contributed by atoms with Crippen molar-refractivity contribution in [3.05, 3.63) is 59.2 Å². The van der Waals surface area contributed by atoms with Crippen LogP contribution < -0.4 is 0 Å². The lowest BCUT2D eigenvalue weighted by Gasteiger charge is -2.42. The van der Waals surface area contributed by atoms with Crippen molar-refractivity contribution in [1.82, 2.24) is 0 Å². The van der Waals surface area contributed by atoms with Crippen LogP contribution in [0, 0.1) is 41.0 Å². The first-order valence-electron chi connectivity index (χ1n) is 11.9. The minimum atomic E-state index is -1.53. The van der Waals surface area contributed by atoms with Gasteiger partial charge in [0.15, 0.2) is 17.5 Å². The highest BCUT2D eigenvalue weighted by atomic mass is 19.2. The van der Waals surface area contributed by atoms with E-state index in [4.69, 9.17) is 0 Å². The fourth-order valence-corrected chi connectivity index (χ4v) is 5.96. The predicted octanol–water partition coefficient (Wildman–Crippen LogP) is 8.79. The van der Waals surface area contributed by atoms with E-state index < -0.39 is 23.3 Å². The van der Waals surface area contributed by atoms with Gasteiger partial charge in [0.2, 0.25) is 0 Å². The summed E-state index contributed by atoms with van der Waals surface area (Å²) < 4.78 is 55.2. The molecule has 0 nitrogen and oxygen atoms in total. The van der Waals surface area contributed by atoms with Crippen LogP contribution in [0.2, 0.25) is 0 Å². The number of rotatable bonds is 6. The molecule has 0 N–H and O–H groups in total. The average Bonchev–Trinajstić information content (AvgIpc) is 2.77. The summed E-state index contributed by atoms with van der Waals surface area (Å²) in [6.07, 6.45) is 12.7. The summed E-state index contributed by atoms with van der Waals surface area (Å²) in [5, 5.41) is 0. The van der Waals surface area contributed by atoms with E-state index in [1.165, 1.54) is 57.4 Å². The fourth-order valence-electron chi connectivity index (χ4n) is 5.96. The highest BCUT2D eigenvalue weighted by Gasteiger charge is 2.36.